The van der Waals surface area contributed by atoms with Crippen LogP contribution in [0.4, 0.5) is 0 Å². The number of benzene rings is 1. The molecule has 1 aromatic carbocycles. The van der Waals surface area contributed by atoms with Crippen LogP contribution < -0.4 is 0 Å². The minimum atomic E-state index is -3.18. The van der Waals surface area contributed by atoms with Crippen molar-refractivity contribution in [1.82, 2.24) is 0 Å². The van der Waals surface area contributed by atoms with E-state index in [1.165, 1.54) is 0 Å². The van der Waals surface area contributed by atoms with Gasteiger partial charge in [-0.1, -0.05) is 24.6 Å². The first-order valence-corrected chi connectivity index (χ1v) is 7.59. The fourth-order valence-electron chi connectivity index (χ4n) is 2.37. The summed E-state index contributed by atoms with van der Waals surface area (Å²) in [7, 11) is -3.18. The molecule has 0 radical (unpaired) electrons. The molecule has 0 spiro atoms. The van der Waals surface area contributed by atoms with E-state index in [-0.39, 0.29) is 11.2 Å². The van der Waals surface area contributed by atoms with E-state index in [1.54, 1.807) is 24.3 Å². The summed E-state index contributed by atoms with van der Waals surface area (Å²) in [5.74, 6) is 0.559. The molecule has 1 aromatic rings. The van der Waals surface area contributed by atoms with E-state index < -0.39 is 9.84 Å². The summed E-state index contributed by atoms with van der Waals surface area (Å²) in [6.07, 6.45) is 2.64. The van der Waals surface area contributed by atoms with Crippen molar-refractivity contribution in [2.24, 2.45) is 5.92 Å². The molecule has 1 aliphatic rings. The van der Waals surface area contributed by atoms with Crippen molar-refractivity contribution in [3.63, 3.8) is 0 Å². The summed E-state index contributed by atoms with van der Waals surface area (Å²) in [5, 5.41) is -0.285. The van der Waals surface area contributed by atoms with Crippen molar-refractivity contribution in [3.8, 4) is 0 Å². The third kappa shape index (κ3) is 2.11. The lowest BCUT2D eigenvalue weighted by Gasteiger charge is -2.17. The Morgan fingerprint density at radius 1 is 1.19 bits per heavy atom. The second-order valence-corrected chi connectivity index (χ2v) is 6.72. The zero-order chi connectivity index (χ0) is 11.6. The Hall–Kier alpha value is -0.540. The van der Waals surface area contributed by atoms with Gasteiger partial charge in [-0.25, -0.2) is 8.42 Å². The molecule has 0 heterocycles. The van der Waals surface area contributed by atoms with Gasteiger partial charge in [0.15, 0.2) is 9.84 Å². The van der Waals surface area contributed by atoms with Crippen molar-refractivity contribution in [1.29, 1.82) is 0 Å². The second kappa shape index (κ2) is 4.76. The molecule has 0 aromatic heterocycles. The minimum absolute atomic E-state index is 0.117. The SMILES string of the molecule is O=S(=O)(c1ccccc1)C1CCCC1CCl. The van der Waals surface area contributed by atoms with Crippen LogP contribution in [-0.2, 0) is 9.84 Å². The maximum Gasteiger partial charge on any atom is 0.181 e. The molecule has 88 valence electrons. The molecule has 1 saturated carbocycles. The fraction of sp³-hybridized carbons (Fsp3) is 0.500. The number of sulfone groups is 1. The molecule has 4 heteroatoms. The van der Waals surface area contributed by atoms with Crippen LogP contribution in [0.15, 0.2) is 35.2 Å². The molecule has 0 saturated heterocycles. The van der Waals surface area contributed by atoms with Crippen molar-refractivity contribution in [2.45, 2.75) is 29.4 Å². The molecule has 16 heavy (non-hydrogen) atoms. The van der Waals surface area contributed by atoms with Crippen molar-refractivity contribution < 1.29 is 8.42 Å². The van der Waals surface area contributed by atoms with Gasteiger partial charge >= 0.3 is 0 Å². The van der Waals surface area contributed by atoms with Gasteiger partial charge in [-0.05, 0) is 30.9 Å². The summed E-state index contributed by atoms with van der Waals surface area (Å²) in [6, 6.07) is 8.68. The quantitative estimate of drug-likeness (QED) is 0.782. The van der Waals surface area contributed by atoms with Crippen LogP contribution >= 0.6 is 11.6 Å². The van der Waals surface area contributed by atoms with Gasteiger partial charge in [0.2, 0.25) is 0 Å². The van der Waals surface area contributed by atoms with Crippen molar-refractivity contribution in [3.05, 3.63) is 30.3 Å². The summed E-state index contributed by atoms with van der Waals surface area (Å²) >= 11 is 5.83. The average molecular weight is 259 g/mol. The number of alkyl halides is 1. The van der Waals surface area contributed by atoms with Gasteiger partial charge in [-0.15, -0.1) is 11.6 Å². The molecule has 2 nitrogen and oxygen atoms in total. The van der Waals surface area contributed by atoms with Crippen LogP contribution in [0.2, 0.25) is 0 Å². The lowest BCUT2D eigenvalue weighted by atomic mass is 10.1. The summed E-state index contributed by atoms with van der Waals surface area (Å²) in [5.41, 5.74) is 0. The highest BCUT2D eigenvalue weighted by molar-refractivity contribution is 7.92. The highest BCUT2D eigenvalue weighted by atomic mass is 35.5. The molecule has 2 atom stereocenters. The highest BCUT2D eigenvalue weighted by Gasteiger charge is 2.37. The Balaban J connectivity index is 2.33. The monoisotopic (exact) mass is 258 g/mol. The summed E-state index contributed by atoms with van der Waals surface area (Å²) < 4.78 is 24.7. The fourth-order valence-corrected chi connectivity index (χ4v) is 4.95. The van der Waals surface area contributed by atoms with E-state index in [2.05, 4.69) is 0 Å². The van der Waals surface area contributed by atoms with E-state index >= 15 is 0 Å². The molecular weight excluding hydrogens is 244 g/mol. The Kier molecular flexibility index (Phi) is 3.55. The zero-order valence-electron chi connectivity index (χ0n) is 8.97. The minimum Gasteiger partial charge on any atom is -0.223 e. The van der Waals surface area contributed by atoms with Gasteiger partial charge in [0.25, 0.3) is 0 Å². The molecular formula is C12H15ClO2S. The normalized spacial score (nSPS) is 25.8. The lowest BCUT2D eigenvalue weighted by molar-refractivity contribution is 0.547. The Bertz CT molecular complexity index is 441. The van der Waals surface area contributed by atoms with Crippen LogP contribution in [0.3, 0.4) is 0 Å². The number of hydrogen-bond donors (Lipinski definition) is 0. The molecule has 0 amide bonds. The van der Waals surface area contributed by atoms with Crippen LogP contribution in [0, 0.1) is 5.92 Å². The zero-order valence-corrected chi connectivity index (χ0v) is 10.5. The predicted molar refractivity (Wildman–Crippen MR) is 65.5 cm³/mol. The third-order valence-electron chi connectivity index (χ3n) is 3.26. The Morgan fingerprint density at radius 2 is 1.88 bits per heavy atom. The van der Waals surface area contributed by atoms with Crippen LogP contribution in [0.25, 0.3) is 0 Å². The summed E-state index contributed by atoms with van der Waals surface area (Å²) in [4.78, 5) is 0.428. The third-order valence-corrected chi connectivity index (χ3v) is 6.00. The molecule has 2 rings (SSSR count). The number of rotatable bonds is 3. The topological polar surface area (TPSA) is 34.1 Å². The van der Waals surface area contributed by atoms with Gasteiger partial charge in [0, 0.05) is 5.88 Å². The van der Waals surface area contributed by atoms with Crippen LogP contribution in [-0.4, -0.2) is 19.5 Å². The first-order chi connectivity index (χ1) is 7.66. The smallest absolute Gasteiger partial charge is 0.181 e. The molecule has 1 aliphatic carbocycles. The maximum atomic E-state index is 12.3. The predicted octanol–water partition coefficient (Wildman–Crippen LogP) is 2.87. The Labute approximate surface area is 102 Å². The molecule has 0 aliphatic heterocycles. The van der Waals surface area contributed by atoms with Gasteiger partial charge in [0.1, 0.15) is 0 Å². The van der Waals surface area contributed by atoms with Gasteiger partial charge in [-0.2, -0.15) is 0 Å². The van der Waals surface area contributed by atoms with Crippen molar-refractivity contribution in [2.75, 3.05) is 5.88 Å². The molecule has 0 N–H and O–H groups in total. The largest absolute Gasteiger partial charge is 0.223 e. The van der Waals surface area contributed by atoms with Crippen molar-refractivity contribution >= 4 is 21.4 Å². The lowest BCUT2D eigenvalue weighted by Crippen LogP contribution is -2.26. The molecule has 2 unspecified atom stereocenters. The van der Waals surface area contributed by atoms with Crippen LogP contribution in [0.1, 0.15) is 19.3 Å². The highest BCUT2D eigenvalue weighted by Crippen LogP contribution is 2.35. The maximum absolute atomic E-state index is 12.3. The number of hydrogen-bond acceptors (Lipinski definition) is 2. The Morgan fingerprint density at radius 3 is 2.50 bits per heavy atom. The molecule has 0 bridgehead atoms. The van der Waals surface area contributed by atoms with E-state index in [0.717, 1.165) is 19.3 Å². The number of halogens is 1. The van der Waals surface area contributed by atoms with E-state index in [0.29, 0.717) is 10.8 Å². The van der Waals surface area contributed by atoms with E-state index in [4.69, 9.17) is 11.6 Å². The summed E-state index contributed by atoms with van der Waals surface area (Å²) in [6.45, 7) is 0. The first-order valence-electron chi connectivity index (χ1n) is 5.51. The van der Waals surface area contributed by atoms with E-state index in [9.17, 15) is 8.42 Å². The van der Waals surface area contributed by atoms with Crippen LogP contribution in [0.5, 0.6) is 0 Å². The standard InChI is InChI=1S/C12H15ClO2S/c13-9-10-5-4-8-12(10)16(14,15)11-6-2-1-3-7-11/h1-3,6-7,10,12H,4-5,8-9H2. The van der Waals surface area contributed by atoms with Gasteiger partial charge in [0.05, 0.1) is 10.1 Å². The molecule has 1 fully saturated rings. The van der Waals surface area contributed by atoms with Gasteiger partial charge in [-0.3, -0.25) is 0 Å². The van der Waals surface area contributed by atoms with Gasteiger partial charge < -0.3 is 0 Å². The first kappa shape index (κ1) is 11.9. The second-order valence-electron chi connectivity index (χ2n) is 4.24. The van der Waals surface area contributed by atoms with E-state index in [1.807, 2.05) is 6.07 Å². The average Bonchev–Trinajstić information content (AvgIpc) is 2.79.